The number of carbonyl (C=O) groups excluding carboxylic acids is 1. The van der Waals surface area contributed by atoms with Crippen LogP contribution in [0.5, 0.6) is 0 Å². The smallest absolute Gasteiger partial charge is 0.254 e. The van der Waals surface area contributed by atoms with Gasteiger partial charge in [-0.3, -0.25) is 9.69 Å². The first-order chi connectivity index (χ1) is 11.3. The Labute approximate surface area is 140 Å². The van der Waals surface area contributed by atoms with E-state index in [1.807, 2.05) is 6.26 Å². The van der Waals surface area contributed by atoms with Crippen LogP contribution in [0.15, 0.2) is 41.8 Å². The summed E-state index contributed by atoms with van der Waals surface area (Å²) in [4.78, 5) is 22.6. The molecule has 0 saturated carbocycles. The zero-order valence-electron chi connectivity index (χ0n) is 13.2. The lowest BCUT2D eigenvalue weighted by atomic mass is 10.1. The van der Waals surface area contributed by atoms with E-state index in [9.17, 15) is 4.79 Å². The second-order valence-corrected chi connectivity index (χ2v) is 6.32. The molecule has 0 aliphatic carbocycles. The van der Waals surface area contributed by atoms with Crippen LogP contribution in [0.3, 0.4) is 0 Å². The number of nitrogens with one attached hydrogen (secondary N) is 1. The molecule has 0 radical (unpaired) electrons. The third-order valence-corrected chi connectivity index (χ3v) is 4.49. The van der Waals surface area contributed by atoms with E-state index in [1.54, 1.807) is 12.4 Å². The average Bonchev–Trinajstić information content (AvgIpc) is 3.01. The van der Waals surface area contributed by atoms with E-state index in [4.69, 9.17) is 0 Å². The number of thioether (sulfide) groups is 1. The van der Waals surface area contributed by atoms with Crippen molar-refractivity contribution < 1.29 is 4.79 Å². The molecule has 1 aromatic carbocycles. The predicted molar refractivity (Wildman–Crippen MR) is 91.3 cm³/mol. The summed E-state index contributed by atoms with van der Waals surface area (Å²) in [6, 6.07) is 8.56. The maximum absolute atomic E-state index is 12.0. The zero-order chi connectivity index (χ0) is 16.1. The molecule has 0 spiro atoms. The number of nitrogens with zero attached hydrogens (tertiary/aromatic N) is 3. The molecule has 2 aromatic rings. The number of carbonyl (C=O) groups is 1. The van der Waals surface area contributed by atoms with Gasteiger partial charge in [0, 0.05) is 38.6 Å². The van der Waals surface area contributed by atoms with Gasteiger partial charge >= 0.3 is 0 Å². The highest BCUT2D eigenvalue weighted by Crippen LogP contribution is 2.21. The van der Waals surface area contributed by atoms with Crippen molar-refractivity contribution in [2.75, 3.05) is 19.3 Å². The molecular formula is C17H20N4OS. The number of rotatable bonds is 6. The lowest BCUT2D eigenvalue weighted by molar-refractivity contribution is 0.0950. The Morgan fingerprint density at radius 2 is 1.87 bits per heavy atom. The lowest BCUT2D eigenvalue weighted by Crippen LogP contribution is -2.28. The number of hydrogen-bond acceptors (Lipinski definition) is 5. The van der Waals surface area contributed by atoms with Crippen LogP contribution >= 0.6 is 11.8 Å². The Bertz CT molecular complexity index is 650. The van der Waals surface area contributed by atoms with Crippen LogP contribution in [0.2, 0.25) is 0 Å². The van der Waals surface area contributed by atoms with Gasteiger partial charge in [0.25, 0.3) is 5.91 Å². The quantitative estimate of drug-likeness (QED) is 0.501. The third-order valence-electron chi connectivity index (χ3n) is 3.92. The van der Waals surface area contributed by atoms with Crippen molar-refractivity contribution in [2.45, 2.75) is 24.7 Å². The van der Waals surface area contributed by atoms with Crippen LogP contribution in [0, 0.1) is 0 Å². The first-order valence-corrected chi connectivity index (χ1v) is 8.92. The molecule has 0 saturated heterocycles. The highest BCUT2D eigenvalue weighted by molar-refractivity contribution is 7.98. The van der Waals surface area contributed by atoms with Crippen molar-refractivity contribution in [3.05, 3.63) is 53.3 Å². The highest BCUT2D eigenvalue weighted by atomic mass is 32.2. The van der Waals surface area contributed by atoms with Crippen molar-refractivity contribution in [1.82, 2.24) is 20.2 Å². The normalized spacial score (nSPS) is 13.8. The van der Waals surface area contributed by atoms with Gasteiger partial charge in [-0.15, -0.1) is 0 Å². The molecule has 1 N–H and O–H groups in total. The molecule has 1 aliphatic heterocycles. The summed E-state index contributed by atoms with van der Waals surface area (Å²) in [5.74, 6) is -0.109. The van der Waals surface area contributed by atoms with Crippen molar-refractivity contribution in [2.24, 2.45) is 0 Å². The molecule has 0 atom stereocenters. The summed E-state index contributed by atoms with van der Waals surface area (Å²) in [5, 5.41) is 3.61. The molecule has 6 heteroatoms. The van der Waals surface area contributed by atoms with Gasteiger partial charge in [-0.25, -0.2) is 9.97 Å². The van der Waals surface area contributed by atoms with Crippen LogP contribution in [0.1, 0.15) is 27.9 Å². The van der Waals surface area contributed by atoms with Gasteiger partial charge in [-0.2, -0.15) is 0 Å². The van der Waals surface area contributed by atoms with E-state index < -0.39 is 0 Å². The number of fused-ring (bicyclic) bond motifs is 1. The summed E-state index contributed by atoms with van der Waals surface area (Å²) in [6.07, 6.45) is 5.99. The van der Waals surface area contributed by atoms with Crippen molar-refractivity contribution >= 4 is 17.7 Å². The van der Waals surface area contributed by atoms with Gasteiger partial charge < -0.3 is 5.32 Å². The fourth-order valence-corrected chi connectivity index (χ4v) is 3.02. The molecule has 5 nitrogen and oxygen atoms in total. The SMILES string of the molecule is CSc1ncc(C(=O)NCCCN2Cc3ccccc3C2)cn1. The maximum atomic E-state index is 12.0. The van der Waals surface area contributed by atoms with Crippen LogP contribution in [0.25, 0.3) is 0 Å². The van der Waals surface area contributed by atoms with E-state index >= 15 is 0 Å². The van der Waals surface area contributed by atoms with Gasteiger partial charge in [-0.1, -0.05) is 36.0 Å². The highest BCUT2D eigenvalue weighted by Gasteiger charge is 2.17. The third kappa shape index (κ3) is 4.09. The Hall–Kier alpha value is -1.92. The molecule has 0 fully saturated rings. The molecule has 1 amide bonds. The summed E-state index contributed by atoms with van der Waals surface area (Å²) in [7, 11) is 0. The Kier molecular flexibility index (Phi) is 5.25. The molecule has 120 valence electrons. The Morgan fingerprint density at radius 1 is 1.22 bits per heavy atom. The zero-order valence-corrected chi connectivity index (χ0v) is 14.0. The molecule has 1 aliphatic rings. The van der Waals surface area contributed by atoms with E-state index in [2.05, 4.69) is 44.5 Å². The minimum atomic E-state index is -0.109. The lowest BCUT2D eigenvalue weighted by Gasteiger charge is -2.14. The second kappa shape index (κ2) is 7.57. The fourth-order valence-electron chi connectivity index (χ4n) is 2.71. The summed E-state index contributed by atoms with van der Waals surface area (Å²) >= 11 is 1.46. The maximum Gasteiger partial charge on any atom is 0.254 e. The average molecular weight is 328 g/mol. The van der Waals surface area contributed by atoms with Gasteiger partial charge in [0.1, 0.15) is 0 Å². The summed E-state index contributed by atoms with van der Waals surface area (Å²) in [5.41, 5.74) is 3.35. The molecule has 0 bridgehead atoms. The van der Waals surface area contributed by atoms with E-state index in [0.29, 0.717) is 17.3 Å². The second-order valence-electron chi connectivity index (χ2n) is 5.55. The largest absolute Gasteiger partial charge is 0.352 e. The summed E-state index contributed by atoms with van der Waals surface area (Å²) < 4.78 is 0. The van der Waals surface area contributed by atoms with Gasteiger partial charge in [0.15, 0.2) is 5.16 Å². The standard InChI is InChI=1S/C17H20N4OS/c1-23-17-19-9-15(10-20-17)16(22)18-7-4-8-21-11-13-5-2-3-6-14(13)12-21/h2-3,5-6,9-10H,4,7-8,11-12H2,1H3,(H,18,22). The molecule has 2 heterocycles. The van der Waals surface area contributed by atoms with Gasteiger partial charge in [0.2, 0.25) is 0 Å². The number of aromatic nitrogens is 2. The predicted octanol–water partition coefficient (Wildman–Crippen LogP) is 2.33. The first kappa shape index (κ1) is 16.0. The first-order valence-electron chi connectivity index (χ1n) is 7.69. The van der Waals surface area contributed by atoms with Crippen LogP contribution < -0.4 is 5.32 Å². The fraction of sp³-hybridized carbons (Fsp3) is 0.353. The van der Waals surface area contributed by atoms with Crippen LogP contribution in [-0.4, -0.2) is 40.1 Å². The monoisotopic (exact) mass is 328 g/mol. The molecule has 1 aromatic heterocycles. The Morgan fingerprint density at radius 3 is 2.48 bits per heavy atom. The minimum absolute atomic E-state index is 0.109. The van der Waals surface area contributed by atoms with Gasteiger partial charge in [0.05, 0.1) is 5.56 Å². The summed E-state index contributed by atoms with van der Waals surface area (Å²) in [6.45, 7) is 3.66. The van der Waals surface area contributed by atoms with Crippen LogP contribution in [-0.2, 0) is 13.1 Å². The van der Waals surface area contributed by atoms with Gasteiger partial charge in [-0.05, 0) is 23.8 Å². The van der Waals surface area contributed by atoms with E-state index in [0.717, 1.165) is 26.1 Å². The van der Waals surface area contributed by atoms with Crippen LogP contribution in [0.4, 0.5) is 0 Å². The van der Waals surface area contributed by atoms with E-state index in [1.165, 1.54) is 22.9 Å². The van der Waals surface area contributed by atoms with E-state index in [-0.39, 0.29) is 5.91 Å². The number of hydrogen-bond donors (Lipinski definition) is 1. The molecule has 3 rings (SSSR count). The number of amides is 1. The molecular weight excluding hydrogens is 308 g/mol. The topological polar surface area (TPSA) is 58.1 Å². The van der Waals surface area contributed by atoms with Crippen molar-refractivity contribution in [1.29, 1.82) is 0 Å². The Balaban J connectivity index is 1.39. The molecule has 23 heavy (non-hydrogen) atoms. The number of benzene rings is 1. The minimum Gasteiger partial charge on any atom is -0.352 e. The molecule has 0 unspecified atom stereocenters. The van der Waals surface area contributed by atoms with Crippen molar-refractivity contribution in [3.63, 3.8) is 0 Å². The van der Waals surface area contributed by atoms with Crippen molar-refractivity contribution in [3.8, 4) is 0 Å².